The van der Waals surface area contributed by atoms with Crippen LogP contribution < -0.4 is 10.6 Å². The topological polar surface area (TPSA) is 41.9 Å². The van der Waals surface area contributed by atoms with Crippen molar-refractivity contribution in [3.05, 3.63) is 66.1 Å². The Kier molecular flexibility index (Phi) is 7.20. The lowest BCUT2D eigenvalue weighted by Gasteiger charge is -2.25. The lowest BCUT2D eigenvalue weighted by atomic mass is 9.89. The van der Waals surface area contributed by atoms with Crippen LogP contribution in [0.3, 0.4) is 0 Å². The molecule has 1 aliphatic carbocycles. The number of nitrogens with one attached hydrogen (secondary N) is 2. The number of hydrogen-bond acceptors (Lipinski definition) is 3. The lowest BCUT2D eigenvalue weighted by Crippen LogP contribution is -2.40. The van der Waals surface area contributed by atoms with Gasteiger partial charge in [-0.3, -0.25) is 4.98 Å². The smallest absolute Gasteiger partial charge is 0.0483 e. The predicted octanol–water partition coefficient (Wildman–Crippen LogP) is 5.48. The minimum Gasteiger partial charge on any atom is -0.347 e. The van der Waals surface area contributed by atoms with Crippen LogP contribution in [-0.2, 0) is 6.54 Å². The average molecular weight is 431 g/mol. The molecule has 2 fully saturated rings. The van der Waals surface area contributed by atoms with Gasteiger partial charge in [-0.1, -0.05) is 43.5 Å². The quantitative estimate of drug-likeness (QED) is 0.497. The lowest BCUT2D eigenvalue weighted by molar-refractivity contribution is 0.322. The van der Waals surface area contributed by atoms with E-state index in [9.17, 15) is 0 Å². The summed E-state index contributed by atoms with van der Waals surface area (Å²) in [6, 6.07) is 14.0. The van der Waals surface area contributed by atoms with Gasteiger partial charge in [-0.15, -0.1) is 0 Å². The molecule has 2 aliphatic rings. The molecule has 0 bridgehead atoms. The molecule has 0 spiro atoms. The molecule has 0 radical (unpaired) electrons. The van der Waals surface area contributed by atoms with Crippen LogP contribution in [0, 0.1) is 5.92 Å². The molecule has 1 atom stereocenters. The summed E-state index contributed by atoms with van der Waals surface area (Å²) >= 11 is 0. The van der Waals surface area contributed by atoms with Gasteiger partial charge in [-0.05, 0) is 80.9 Å². The molecule has 3 heterocycles. The molecule has 2 N–H and O–H groups in total. The minimum atomic E-state index is 0.371. The van der Waals surface area contributed by atoms with E-state index in [0.29, 0.717) is 12.0 Å². The molecule has 2 aromatic heterocycles. The van der Waals surface area contributed by atoms with Crippen molar-refractivity contribution in [2.24, 2.45) is 5.92 Å². The van der Waals surface area contributed by atoms with Crippen molar-refractivity contribution in [2.45, 2.75) is 69.9 Å². The van der Waals surface area contributed by atoms with Crippen LogP contribution in [0.1, 0.15) is 68.4 Å². The molecule has 170 valence electrons. The zero-order valence-electron chi connectivity index (χ0n) is 19.3. The van der Waals surface area contributed by atoms with Crippen LogP contribution in [0.5, 0.6) is 0 Å². The van der Waals surface area contributed by atoms with Gasteiger partial charge in [0, 0.05) is 48.0 Å². The summed E-state index contributed by atoms with van der Waals surface area (Å²) in [4.78, 5) is 4.47. The van der Waals surface area contributed by atoms with E-state index in [1.165, 1.54) is 67.0 Å². The zero-order valence-corrected chi connectivity index (χ0v) is 19.3. The highest BCUT2D eigenvalue weighted by atomic mass is 15.0. The highest BCUT2D eigenvalue weighted by Gasteiger charge is 2.22. The summed E-state index contributed by atoms with van der Waals surface area (Å²) < 4.78 is 2.56. The number of para-hydroxylation sites is 1. The van der Waals surface area contributed by atoms with Crippen molar-refractivity contribution in [2.75, 3.05) is 19.6 Å². The Hall–Kier alpha value is -2.17. The minimum absolute atomic E-state index is 0.371. The van der Waals surface area contributed by atoms with Gasteiger partial charge in [0.25, 0.3) is 0 Å². The summed E-state index contributed by atoms with van der Waals surface area (Å²) in [5.74, 6) is 1.20. The van der Waals surface area contributed by atoms with Gasteiger partial charge >= 0.3 is 0 Å². The van der Waals surface area contributed by atoms with Gasteiger partial charge in [0.05, 0.1) is 0 Å². The molecular formula is C28H38N4. The Morgan fingerprint density at radius 3 is 2.66 bits per heavy atom. The Morgan fingerprint density at radius 1 is 1.00 bits per heavy atom. The molecule has 0 amide bonds. The van der Waals surface area contributed by atoms with Crippen molar-refractivity contribution in [3.63, 3.8) is 0 Å². The first-order valence-corrected chi connectivity index (χ1v) is 12.8. The fraction of sp³-hybridized carbons (Fsp3) is 0.536. The maximum absolute atomic E-state index is 4.47. The van der Waals surface area contributed by atoms with Crippen molar-refractivity contribution >= 4 is 10.9 Å². The van der Waals surface area contributed by atoms with Gasteiger partial charge in [0.1, 0.15) is 0 Å². The number of benzene rings is 1. The molecule has 1 saturated heterocycles. The second kappa shape index (κ2) is 10.6. The molecule has 4 heteroatoms. The van der Waals surface area contributed by atoms with Crippen LogP contribution in [0.4, 0.5) is 0 Å². The Morgan fingerprint density at radius 2 is 1.84 bits per heavy atom. The largest absolute Gasteiger partial charge is 0.347 e. The van der Waals surface area contributed by atoms with Crippen molar-refractivity contribution in [3.8, 4) is 0 Å². The van der Waals surface area contributed by atoms with Crippen molar-refractivity contribution in [1.82, 2.24) is 20.2 Å². The van der Waals surface area contributed by atoms with E-state index in [2.05, 4.69) is 69.0 Å². The van der Waals surface area contributed by atoms with E-state index in [1.54, 1.807) is 0 Å². The number of piperidine rings is 1. The standard InChI is InChI=1S/C28H38N4/c1-2-7-22(8-3-1)20-32-21-27(26-10-4-5-11-28(26)32)25(23-9-6-15-30-19-23)14-18-31-24-12-16-29-17-13-24/h4-6,9-11,15,19,21-22,24-25,29,31H,1-3,7-8,12-14,16-18,20H2. The summed E-state index contributed by atoms with van der Waals surface area (Å²) in [6.07, 6.45) is 17.0. The number of nitrogens with zero attached hydrogens (tertiary/aromatic N) is 2. The fourth-order valence-corrected chi connectivity index (χ4v) is 5.89. The molecule has 1 unspecified atom stereocenters. The van der Waals surface area contributed by atoms with E-state index in [1.807, 2.05) is 6.20 Å². The van der Waals surface area contributed by atoms with E-state index < -0.39 is 0 Å². The Bertz CT molecular complexity index is 968. The van der Waals surface area contributed by atoms with Crippen LogP contribution >= 0.6 is 0 Å². The monoisotopic (exact) mass is 430 g/mol. The van der Waals surface area contributed by atoms with Crippen molar-refractivity contribution < 1.29 is 0 Å². The first kappa shape index (κ1) is 21.7. The number of aromatic nitrogens is 2. The second-order valence-electron chi connectivity index (χ2n) is 9.86. The van der Waals surface area contributed by atoms with Crippen LogP contribution in [0.25, 0.3) is 10.9 Å². The number of hydrogen-bond donors (Lipinski definition) is 2. The van der Waals surface area contributed by atoms with E-state index in [-0.39, 0.29) is 0 Å². The number of fused-ring (bicyclic) bond motifs is 1. The van der Waals surface area contributed by atoms with E-state index in [4.69, 9.17) is 0 Å². The average Bonchev–Trinajstić information content (AvgIpc) is 3.22. The molecule has 1 aromatic carbocycles. The summed E-state index contributed by atoms with van der Waals surface area (Å²) in [5.41, 5.74) is 4.20. The highest BCUT2D eigenvalue weighted by molar-refractivity contribution is 5.85. The molecular weight excluding hydrogens is 392 g/mol. The van der Waals surface area contributed by atoms with E-state index >= 15 is 0 Å². The second-order valence-corrected chi connectivity index (χ2v) is 9.86. The van der Waals surface area contributed by atoms with Gasteiger partial charge in [0.2, 0.25) is 0 Å². The third-order valence-electron chi connectivity index (χ3n) is 7.67. The summed E-state index contributed by atoms with van der Waals surface area (Å²) in [5, 5.41) is 8.73. The molecule has 32 heavy (non-hydrogen) atoms. The molecule has 1 aliphatic heterocycles. The van der Waals surface area contributed by atoms with E-state index in [0.717, 1.165) is 38.5 Å². The first-order valence-electron chi connectivity index (χ1n) is 12.8. The van der Waals surface area contributed by atoms with Crippen LogP contribution in [0.2, 0.25) is 0 Å². The molecule has 4 nitrogen and oxygen atoms in total. The summed E-state index contributed by atoms with van der Waals surface area (Å²) in [7, 11) is 0. The molecule has 5 rings (SSSR count). The van der Waals surface area contributed by atoms with Gasteiger partial charge in [0.15, 0.2) is 0 Å². The zero-order chi connectivity index (χ0) is 21.6. The molecule has 3 aromatic rings. The summed E-state index contributed by atoms with van der Waals surface area (Å²) in [6.45, 7) is 4.48. The maximum Gasteiger partial charge on any atom is 0.0483 e. The highest BCUT2D eigenvalue weighted by Crippen LogP contribution is 2.35. The number of rotatable bonds is 8. The van der Waals surface area contributed by atoms with Gasteiger partial charge in [-0.2, -0.15) is 0 Å². The fourth-order valence-electron chi connectivity index (χ4n) is 5.89. The van der Waals surface area contributed by atoms with Crippen molar-refractivity contribution in [1.29, 1.82) is 0 Å². The third kappa shape index (κ3) is 5.07. The first-order chi connectivity index (χ1) is 15.9. The SMILES string of the molecule is c1cncc(C(CCNC2CCNCC2)c2cn(CC3CCCCC3)c3ccccc23)c1. The third-order valence-corrected chi connectivity index (χ3v) is 7.67. The normalized spacial score (nSPS) is 19.4. The number of pyridine rings is 1. The van der Waals surface area contributed by atoms with Crippen LogP contribution in [-0.4, -0.2) is 35.2 Å². The molecule has 1 saturated carbocycles. The van der Waals surface area contributed by atoms with Gasteiger partial charge < -0.3 is 15.2 Å². The predicted molar refractivity (Wildman–Crippen MR) is 133 cm³/mol. The van der Waals surface area contributed by atoms with Gasteiger partial charge in [-0.25, -0.2) is 0 Å². The van der Waals surface area contributed by atoms with Crippen LogP contribution in [0.15, 0.2) is 55.0 Å². The maximum atomic E-state index is 4.47. The Balaban J connectivity index is 1.41. The Labute approximate surface area is 192 Å².